The van der Waals surface area contributed by atoms with Gasteiger partial charge < -0.3 is 17.6 Å². The molecule has 2 aliphatic rings. The molecule has 0 bridgehead atoms. The molecule has 2 aliphatic heterocycles. The number of halogens is 2. The minimum absolute atomic E-state index is 0.106. The zero-order valence-corrected chi connectivity index (χ0v) is 12.9. The summed E-state index contributed by atoms with van der Waals surface area (Å²) in [5.41, 5.74) is 0.795. The fourth-order valence-corrected chi connectivity index (χ4v) is 4.70. The summed E-state index contributed by atoms with van der Waals surface area (Å²) in [7, 11) is -4.23. The van der Waals surface area contributed by atoms with E-state index in [2.05, 4.69) is 0 Å². The van der Waals surface area contributed by atoms with E-state index >= 15 is 0 Å². The van der Waals surface area contributed by atoms with Gasteiger partial charge in [0.25, 0.3) is 5.78 Å². The summed E-state index contributed by atoms with van der Waals surface area (Å²) in [6, 6.07) is 11.9. The van der Waals surface area contributed by atoms with E-state index in [4.69, 9.17) is 9.00 Å². The van der Waals surface area contributed by atoms with E-state index in [9.17, 15) is 8.63 Å². The Kier molecular flexibility index (Phi) is 3.27. The number of carbonyl (C=O) groups excluding carboxylic acids is 1. The average molecular weight is 320 g/mol. The topological polar surface area (TPSA) is 20.5 Å². The highest BCUT2D eigenvalue weighted by atomic mass is 32.2. The Bertz CT molecular complexity index is 778. The summed E-state index contributed by atoms with van der Waals surface area (Å²) in [6.45, 7) is 1.88. The summed E-state index contributed by atoms with van der Waals surface area (Å²) < 4.78 is 37.5. The van der Waals surface area contributed by atoms with Crippen molar-refractivity contribution in [3.63, 3.8) is 0 Å². The molecule has 0 amide bonds. The van der Waals surface area contributed by atoms with Gasteiger partial charge in [0.05, 0.1) is 5.56 Å². The van der Waals surface area contributed by atoms with E-state index in [0.29, 0.717) is 18.0 Å². The van der Waals surface area contributed by atoms with Gasteiger partial charge in [-0.15, -0.1) is 11.8 Å². The van der Waals surface area contributed by atoms with Crippen LogP contribution in [-0.4, -0.2) is 24.7 Å². The van der Waals surface area contributed by atoms with Crippen LogP contribution in [0.1, 0.15) is 23.3 Å². The summed E-state index contributed by atoms with van der Waals surface area (Å²) in [4.78, 5) is 1.03. The van der Waals surface area contributed by atoms with Crippen molar-refractivity contribution in [3.05, 3.63) is 42.0 Å². The van der Waals surface area contributed by atoms with Crippen LogP contribution in [0.25, 0.3) is 10.8 Å². The van der Waals surface area contributed by atoms with Crippen molar-refractivity contribution in [2.45, 2.75) is 24.3 Å². The van der Waals surface area contributed by atoms with Gasteiger partial charge in [-0.2, -0.15) is 0 Å². The quantitative estimate of drug-likeness (QED) is 0.571. The maximum Gasteiger partial charge on any atom is 0.932 e. The van der Waals surface area contributed by atoms with Crippen LogP contribution in [0.4, 0.5) is 8.63 Å². The first-order chi connectivity index (χ1) is 10.6. The van der Waals surface area contributed by atoms with Gasteiger partial charge in [-0.1, -0.05) is 37.3 Å². The Morgan fingerprint density at radius 2 is 2.09 bits per heavy atom. The summed E-state index contributed by atoms with van der Waals surface area (Å²) in [6.07, 6.45) is 0.0732. The van der Waals surface area contributed by atoms with E-state index in [-0.39, 0.29) is 5.92 Å². The Balaban J connectivity index is 1.93. The van der Waals surface area contributed by atoms with Crippen LogP contribution >= 0.6 is 11.8 Å². The van der Waals surface area contributed by atoms with Crippen molar-refractivity contribution in [1.82, 2.24) is 0 Å². The zero-order valence-electron chi connectivity index (χ0n) is 12.1. The lowest BCUT2D eigenvalue weighted by molar-refractivity contribution is -0.224. The monoisotopic (exact) mass is 320 g/mol. The van der Waals surface area contributed by atoms with Crippen LogP contribution in [0.5, 0.6) is 0 Å². The molecule has 22 heavy (non-hydrogen) atoms. The lowest BCUT2D eigenvalue weighted by Crippen LogP contribution is -2.48. The fourth-order valence-electron chi connectivity index (χ4n) is 3.32. The number of hydrogen-bond acceptors (Lipinski definition) is 2. The molecule has 2 nitrogen and oxygen atoms in total. The number of ketones is 1. The molecule has 2 atom stereocenters. The Labute approximate surface area is 131 Å². The Hall–Kier alpha value is -1.40. The maximum absolute atomic E-state index is 13.8. The van der Waals surface area contributed by atoms with Crippen molar-refractivity contribution in [1.29, 1.82) is 0 Å². The van der Waals surface area contributed by atoms with Crippen molar-refractivity contribution in [2.75, 3.05) is 5.75 Å². The first kappa shape index (κ1) is 14.2. The lowest BCUT2D eigenvalue weighted by atomic mass is 9.88. The molecule has 0 saturated carbocycles. The highest BCUT2D eigenvalue weighted by Gasteiger charge is 2.57. The summed E-state index contributed by atoms with van der Waals surface area (Å²) in [5.74, 6) is 1.01. The first-order valence-corrected chi connectivity index (χ1v) is 8.46. The van der Waals surface area contributed by atoms with Gasteiger partial charge in [0.15, 0.2) is 0 Å². The van der Waals surface area contributed by atoms with E-state index in [0.717, 1.165) is 21.2 Å². The van der Waals surface area contributed by atoms with Gasteiger partial charge in [-0.25, -0.2) is 0 Å². The highest BCUT2D eigenvalue weighted by Crippen LogP contribution is 2.43. The lowest BCUT2D eigenvalue weighted by Gasteiger charge is -2.34. The number of rotatable bonds is 1. The molecule has 0 radical (unpaired) electrons. The van der Waals surface area contributed by atoms with E-state index in [1.165, 1.54) is 0 Å². The molecule has 6 heteroatoms. The first-order valence-electron chi connectivity index (χ1n) is 7.47. The van der Waals surface area contributed by atoms with Gasteiger partial charge in [-0.05, 0) is 23.3 Å². The molecular weight excluding hydrogens is 305 g/mol. The second-order valence-corrected chi connectivity index (χ2v) is 6.71. The van der Waals surface area contributed by atoms with Crippen LogP contribution in [0.2, 0.25) is 0 Å². The Morgan fingerprint density at radius 3 is 2.91 bits per heavy atom. The highest BCUT2D eigenvalue weighted by molar-refractivity contribution is 7.99. The smallest absolute Gasteiger partial charge is 0.453 e. The minimum Gasteiger partial charge on any atom is -0.453 e. The third-order valence-corrected chi connectivity index (χ3v) is 5.59. The summed E-state index contributed by atoms with van der Waals surface area (Å²) in [5, 5.41) is 2.21. The van der Waals surface area contributed by atoms with Gasteiger partial charge in [-0.3, -0.25) is 0 Å². The van der Waals surface area contributed by atoms with Crippen molar-refractivity contribution in [3.8, 4) is 0 Å². The number of hydrogen-bond donors (Lipinski definition) is 0. The van der Waals surface area contributed by atoms with Crippen LogP contribution < -0.4 is 0 Å². The van der Waals surface area contributed by atoms with Crippen LogP contribution in [0.3, 0.4) is 0 Å². The minimum atomic E-state index is -4.23. The maximum atomic E-state index is 13.8. The average Bonchev–Trinajstić information content (AvgIpc) is 2.52. The van der Waals surface area contributed by atoms with Crippen LogP contribution in [-0.2, 0) is 4.65 Å². The molecule has 4 rings (SSSR count). The predicted octanol–water partition coefficient (Wildman–Crippen LogP) is 4.46. The van der Waals surface area contributed by atoms with Crippen molar-refractivity contribution >= 4 is 35.4 Å². The van der Waals surface area contributed by atoms with Crippen molar-refractivity contribution < 1.29 is 17.6 Å². The molecule has 0 spiro atoms. The number of fused-ring (bicyclic) bond motifs is 5. The molecule has 0 aliphatic carbocycles. The molecule has 114 valence electrons. The number of thioether (sulfide) groups is 1. The second kappa shape index (κ2) is 5.06. The summed E-state index contributed by atoms with van der Waals surface area (Å²) >= 11 is 1.70. The van der Waals surface area contributed by atoms with Crippen LogP contribution in [0.15, 0.2) is 41.3 Å². The second-order valence-electron chi connectivity index (χ2n) is 5.68. The third-order valence-electron chi connectivity index (χ3n) is 4.34. The van der Waals surface area contributed by atoms with E-state index in [1.807, 2.05) is 43.3 Å². The molecule has 0 saturated heterocycles. The van der Waals surface area contributed by atoms with E-state index in [1.54, 1.807) is 11.8 Å². The normalized spacial score (nSPS) is 26.2. The molecule has 2 aromatic rings. The fraction of sp³-hybridized carbons (Fsp3) is 0.312. The largest absolute Gasteiger partial charge is 0.932 e. The molecule has 2 heterocycles. The molecule has 2 unspecified atom stereocenters. The zero-order chi connectivity index (χ0) is 15.3. The van der Waals surface area contributed by atoms with Gasteiger partial charge >= 0.3 is 7.11 Å². The van der Waals surface area contributed by atoms with E-state index < -0.39 is 13.2 Å². The van der Waals surface area contributed by atoms with Crippen molar-refractivity contribution in [2.24, 2.45) is 5.92 Å². The molecule has 0 N–H and O–H groups in total. The number of benzene rings is 2. The molecule has 2 aromatic carbocycles. The standard InChI is InChI=1S/C16H15BF2O2S/c1-2-14-13-9-22-16-11-6-4-3-5-10(11)7-8-12(16)15(13)21-17(18,19)20-14/h3-8,13-14H,2,9H2,1H3. The third kappa shape index (κ3) is 2.17. The molecule has 0 aromatic heterocycles. The van der Waals surface area contributed by atoms with Gasteiger partial charge in [0.1, 0.15) is 5.92 Å². The SMILES string of the molecule is CCC1O[B-](F)(F)[O+]=C2c3ccc4ccccc4c3SCC21. The molecular formula is C16H15BF2O2S. The predicted molar refractivity (Wildman–Crippen MR) is 85.6 cm³/mol. The van der Waals surface area contributed by atoms with Gasteiger partial charge in [0, 0.05) is 16.8 Å². The van der Waals surface area contributed by atoms with Gasteiger partial charge in [0.2, 0.25) is 0 Å². The molecule has 0 fully saturated rings. The van der Waals surface area contributed by atoms with Crippen LogP contribution in [0, 0.1) is 5.92 Å². The Morgan fingerprint density at radius 1 is 1.27 bits per heavy atom.